The Morgan fingerprint density at radius 3 is 2.86 bits per heavy atom. The van der Waals surface area contributed by atoms with E-state index >= 15 is 0 Å². The predicted octanol–water partition coefficient (Wildman–Crippen LogP) is 1.70. The van der Waals surface area contributed by atoms with Crippen molar-refractivity contribution in [3.63, 3.8) is 0 Å². The molecule has 1 heterocycles. The van der Waals surface area contributed by atoms with Gasteiger partial charge in [0.05, 0.1) is 12.0 Å². The van der Waals surface area contributed by atoms with Gasteiger partial charge in [0, 0.05) is 24.2 Å². The summed E-state index contributed by atoms with van der Waals surface area (Å²) >= 11 is 3.39. The highest BCUT2D eigenvalue weighted by Gasteiger charge is 2.38. The summed E-state index contributed by atoms with van der Waals surface area (Å²) in [6.45, 7) is 2.44. The van der Waals surface area contributed by atoms with Crippen molar-refractivity contribution in [3.05, 3.63) is 28.7 Å². The summed E-state index contributed by atoms with van der Waals surface area (Å²) < 4.78 is 11.9. The molecule has 21 heavy (non-hydrogen) atoms. The molecule has 0 spiro atoms. The summed E-state index contributed by atoms with van der Waals surface area (Å²) in [6.07, 6.45) is 1.36. The third kappa shape index (κ3) is 4.43. The summed E-state index contributed by atoms with van der Waals surface area (Å²) in [4.78, 5) is 12.3. The van der Waals surface area contributed by atoms with E-state index in [1.807, 2.05) is 24.3 Å². The molecule has 0 bridgehead atoms. The second-order valence-corrected chi connectivity index (χ2v) is 6.07. The van der Waals surface area contributed by atoms with Gasteiger partial charge in [0.25, 0.3) is 0 Å². The molecule has 2 rings (SSSR count). The van der Waals surface area contributed by atoms with Gasteiger partial charge in [-0.15, -0.1) is 0 Å². The molecule has 0 saturated carbocycles. The molecule has 0 radical (unpaired) electrons. The zero-order valence-electron chi connectivity index (χ0n) is 11.9. The summed E-state index contributed by atoms with van der Waals surface area (Å²) in [5, 5.41) is 2.92. The SMILES string of the molecule is NCC1(C(=O)NCCOc2cccc(Br)c2)CCOCC1. The highest BCUT2D eigenvalue weighted by atomic mass is 79.9. The van der Waals surface area contributed by atoms with E-state index in [1.165, 1.54) is 0 Å². The van der Waals surface area contributed by atoms with Crippen LogP contribution in [0.5, 0.6) is 5.75 Å². The van der Waals surface area contributed by atoms with Crippen molar-refractivity contribution in [2.24, 2.45) is 11.1 Å². The van der Waals surface area contributed by atoms with Gasteiger partial charge < -0.3 is 20.5 Å². The number of rotatable bonds is 6. The molecule has 1 saturated heterocycles. The Morgan fingerprint density at radius 1 is 1.43 bits per heavy atom. The number of nitrogens with one attached hydrogen (secondary N) is 1. The highest BCUT2D eigenvalue weighted by Crippen LogP contribution is 2.29. The summed E-state index contributed by atoms with van der Waals surface area (Å²) in [5.74, 6) is 0.782. The zero-order valence-corrected chi connectivity index (χ0v) is 13.5. The Bertz CT molecular complexity index is 476. The van der Waals surface area contributed by atoms with E-state index in [-0.39, 0.29) is 5.91 Å². The van der Waals surface area contributed by atoms with Crippen LogP contribution >= 0.6 is 15.9 Å². The molecule has 0 atom stereocenters. The van der Waals surface area contributed by atoms with Gasteiger partial charge in [-0.1, -0.05) is 22.0 Å². The standard InChI is InChI=1S/C15H21BrN2O3/c16-12-2-1-3-13(10-12)21-9-6-18-14(19)15(11-17)4-7-20-8-5-15/h1-3,10H,4-9,11,17H2,(H,18,19). The molecule has 1 aliphatic rings. The Balaban J connectivity index is 1.76. The molecular formula is C15H21BrN2O3. The number of nitrogens with two attached hydrogens (primary N) is 1. The van der Waals surface area contributed by atoms with E-state index in [4.69, 9.17) is 15.2 Å². The Morgan fingerprint density at radius 2 is 2.19 bits per heavy atom. The first-order valence-electron chi connectivity index (χ1n) is 7.11. The monoisotopic (exact) mass is 356 g/mol. The van der Waals surface area contributed by atoms with E-state index < -0.39 is 5.41 Å². The largest absolute Gasteiger partial charge is 0.492 e. The van der Waals surface area contributed by atoms with Gasteiger partial charge in [0.1, 0.15) is 12.4 Å². The van der Waals surface area contributed by atoms with Gasteiger partial charge in [-0.3, -0.25) is 4.79 Å². The number of halogens is 1. The maximum atomic E-state index is 12.3. The fourth-order valence-corrected chi connectivity index (χ4v) is 2.74. The molecule has 0 unspecified atom stereocenters. The molecule has 1 aliphatic heterocycles. The first kappa shape index (κ1) is 16.3. The molecule has 1 amide bonds. The fraction of sp³-hybridized carbons (Fsp3) is 0.533. The van der Waals surface area contributed by atoms with E-state index in [9.17, 15) is 4.79 Å². The fourth-order valence-electron chi connectivity index (χ4n) is 2.36. The number of ether oxygens (including phenoxy) is 2. The summed E-state index contributed by atoms with van der Waals surface area (Å²) in [7, 11) is 0. The third-order valence-electron chi connectivity index (χ3n) is 3.77. The van der Waals surface area contributed by atoms with Crippen molar-refractivity contribution in [3.8, 4) is 5.75 Å². The van der Waals surface area contributed by atoms with Crippen molar-refractivity contribution in [1.82, 2.24) is 5.32 Å². The van der Waals surface area contributed by atoms with E-state index in [0.29, 0.717) is 45.8 Å². The predicted molar refractivity (Wildman–Crippen MR) is 84.2 cm³/mol. The van der Waals surface area contributed by atoms with Crippen LogP contribution in [-0.2, 0) is 9.53 Å². The minimum absolute atomic E-state index is 0.00569. The third-order valence-corrected chi connectivity index (χ3v) is 4.27. The molecule has 116 valence electrons. The topological polar surface area (TPSA) is 73.6 Å². The van der Waals surface area contributed by atoms with Crippen LogP contribution in [-0.4, -0.2) is 38.8 Å². The number of benzene rings is 1. The van der Waals surface area contributed by atoms with Crippen molar-refractivity contribution < 1.29 is 14.3 Å². The Labute approximate surface area is 133 Å². The van der Waals surface area contributed by atoms with E-state index in [2.05, 4.69) is 21.2 Å². The van der Waals surface area contributed by atoms with Crippen LogP contribution in [0.1, 0.15) is 12.8 Å². The zero-order chi connectivity index (χ0) is 15.1. The van der Waals surface area contributed by atoms with E-state index in [1.54, 1.807) is 0 Å². The number of carbonyl (C=O) groups excluding carboxylic acids is 1. The van der Waals surface area contributed by atoms with Crippen LogP contribution in [0, 0.1) is 5.41 Å². The Hall–Kier alpha value is -1.11. The lowest BCUT2D eigenvalue weighted by atomic mass is 9.79. The summed E-state index contributed by atoms with van der Waals surface area (Å²) in [5.41, 5.74) is 5.32. The van der Waals surface area contributed by atoms with Gasteiger partial charge in [0.15, 0.2) is 0 Å². The van der Waals surface area contributed by atoms with Crippen molar-refractivity contribution in [2.45, 2.75) is 12.8 Å². The van der Waals surface area contributed by atoms with E-state index in [0.717, 1.165) is 10.2 Å². The maximum absolute atomic E-state index is 12.3. The first-order valence-corrected chi connectivity index (χ1v) is 7.90. The van der Waals surface area contributed by atoms with Crippen LogP contribution in [0.15, 0.2) is 28.7 Å². The van der Waals surface area contributed by atoms with Crippen LogP contribution in [0.2, 0.25) is 0 Å². The Kier molecular flexibility index (Phi) is 6.02. The smallest absolute Gasteiger partial charge is 0.227 e. The quantitative estimate of drug-likeness (QED) is 0.760. The second kappa shape index (κ2) is 7.77. The number of carbonyl (C=O) groups is 1. The molecule has 3 N–H and O–H groups in total. The minimum Gasteiger partial charge on any atom is -0.492 e. The van der Waals surface area contributed by atoms with Crippen molar-refractivity contribution >= 4 is 21.8 Å². The first-order chi connectivity index (χ1) is 10.2. The van der Waals surface area contributed by atoms with Gasteiger partial charge in [0.2, 0.25) is 5.91 Å². The lowest BCUT2D eigenvalue weighted by Gasteiger charge is -2.34. The average Bonchev–Trinajstić information content (AvgIpc) is 2.52. The normalized spacial score (nSPS) is 17.2. The molecule has 1 fully saturated rings. The molecule has 1 aromatic rings. The van der Waals surface area contributed by atoms with Crippen LogP contribution in [0.4, 0.5) is 0 Å². The molecule has 5 nitrogen and oxygen atoms in total. The van der Waals surface area contributed by atoms with Crippen molar-refractivity contribution in [2.75, 3.05) is 32.9 Å². The van der Waals surface area contributed by atoms with Crippen LogP contribution in [0.3, 0.4) is 0 Å². The average molecular weight is 357 g/mol. The highest BCUT2D eigenvalue weighted by molar-refractivity contribution is 9.10. The van der Waals surface area contributed by atoms with Gasteiger partial charge in [-0.25, -0.2) is 0 Å². The molecule has 0 aliphatic carbocycles. The summed E-state index contributed by atoms with van der Waals surface area (Å²) in [6, 6.07) is 7.61. The lowest BCUT2D eigenvalue weighted by Crippen LogP contribution is -2.49. The number of hydrogen-bond acceptors (Lipinski definition) is 4. The maximum Gasteiger partial charge on any atom is 0.227 e. The molecule has 6 heteroatoms. The minimum atomic E-state index is -0.478. The van der Waals surface area contributed by atoms with Gasteiger partial charge in [-0.05, 0) is 31.0 Å². The number of amides is 1. The lowest BCUT2D eigenvalue weighted by molar-refractivity contribution is -0.136. The van der Waals surface area contributed by atoms with Crippen LogP contribution < -0.4 is 15.8 Å². The van der Waals surface area contributed by atoms with Crippen LogP contribution in [0.25, 0.3) is 0 Å². The second-order valence-electron chi connectivity index (χ2n) is 5.16. The van der Waals surface area contributed by atoms with Gasteiger partial charge in [-0.2, -0.15) is 0 Å². The van der Waals surface area contributed by atoms with Crippen molar-refractivity contribution in [1.29, 1.82) is 0 Å². The number of hydrogen-bond donors (Lipinski definition) is 2. The van der Waals surface area contributed by atoms with Gasteiger partial charge >= 0.3 is 0 Å². The molecular weight excluding hydrogens is 336 g/mol. The molecule has 0 aromatic heterocycles. The molecule has 1 aromatic carbocycles.